The van der Waals surface area contributed by atoms with Crippen LogP contribution in [0.5, 0.6) is 0 Å². The van der Waals surface area contributed by atoms with Gasteiger partial charge in [-0.25, -0.2) is 13.8 Å². The Morgan fingerprint density at radius 2 is 1.89 bits per heavy atom. The fraction of sp³-hybridized carbons (Fsp3) is 0.556. The Balaban J connectivity index is 0.000000425. The summed E-state index contributed by atoms with van der Waals surface area (Å²) in [4.78, 5) is 21.5. The predicted octanol–water partition coefficient (Wildman–Crippen LogP) is 2.90. The fourth-order valence-corrected chi connectivity index (χ4v) is 2.34. The minimum atomic E-state index is -0.627. The van der Waals surface area contributed by atoms with Crippen LogP contribution in [0.25, 0.3) is 0 Å². The zero-order valence-electron chi connectivity index (χ0n) is 16.6. The smallest absolute Gasteiger partial charge is 0.408 e. The number of methoxy groups -OCH3 is 1. The molecular formula is C18H30IN3O5. The highest BCUT2D eigenvalue weighted by molar-refractivity contribution is 14.1. The number of aryl methyl sites for hydroxylation is 2. The van der Waals surface area contributed by atoms with Crippen molar-refractivity contribution in [2.75, 3.05) is 13.7 Å². The average molecular weight is 495 g/mol. The van der Waals surface area contributed by atoms with E-state index in [0.717, 1.165) is 0 Å². The van der Waals surface area contributed by atoms with E-state index < -0.39 is 17.7 Å². The van der Waals surface area contributed by atoms with Crippen molar-refractivity contribution in [3.05, 3.63) is 34.9 Å². The van der Waals surface area contributed by atoms with Crippen molar-refractivity contribution < 1.29 is 22.2 Å². The van der Waals surface area contributed by atoms with E-state index in [9.17, 15) is 9.59 Å². The van der Waals surface area contributed by atoms with Crippen LogP contribution in [0.15, 0.2) is 18.2 Å². The molecule has 0 bridgehead atoms. The summed E-state index contributed by atoms with van der Waals surface area (Å²) in [6.07, 6.45) is 3.34. The lowest BCUT2D eigenvalue weighted by atomic mass is 10.1. The Hall–Kier alpha value is -1.43. The van der Waals surface area contributed by atoms with Crippen molar-refractivity contribution in [2.24, 2.45) is 5.84 Å². The molecule has 8 nitrogen and oxygen atoms in total. The number of hydrogen-bond donors (Lipinski definition) is 3. The van der Waals surface area contributed by atoms with Gasteiger partial charge in [-0.15, -0.1) is 5.59 Å². The van der Waals surface area contributed by atoms with Crippen LogP contribution in [-0.2, 0) is 30.3 Å². The standard InChI is InChI=1S/C10H12.C8H15NO4.H3IN2O/c1-8-4-2-5-9-6-3-7-10(8)9;1-8(2,3)13-7(11)9-5-6(10)12-4;1-4-3-2/h2,4-5H,3,6-7H2,1H3;5H2,1-4H3,(H,9,11);3H,2H2. The second-order valence-electron chi connectivity index (χ2n) is 6.69. The number of nitrogens with one attached hydrogen (secondary N) is 2. The summed E-state index contributed by atoms with van der Waals surface area (Å²) < 4.78 is 13.2. The quantitative estimate of drug-likeness (QED) is 0.256. The monoisotopic (exact) mass is 495 g/mol. The van der Waals surface area contributed by atoms with Crippen molar-refractivity contribution in [3.8, 4) is 0 Å². The zero-order chi connectivity index (χ0) is 20.9. The van der Waals surface area contributed by atoms with Crippen molar-refractivity contribution in [1.82, 2.24) is 10.9 Å². The molecule has 1 aromatic rings. The first-order valence-corrected chi connectivity index (χ1v) is 9.36. The number of halogens is 1. The maximum absolute atomic E-state index is 10.9. The van der Waals surface area contributed by atoms with Gasteiger partial charge in [0.05, 0.1) is 7.11 Å². The zero-order valence-corrected chi connectivity index (χ0v) is 18.7. The maximum atomic E-state index is 10.9. The molecule has 0 saturated carbocycles. The number of esters is 1. The molecule has 0 heterocycles. The minimum Gasteiger partial charge on any atom is -0.468 e. The van der Waals surface area contributed by atoms with Crippen LogP contribution in [0, 0.1) is 6.92 Å². The molecule has 1 aliphatic rings. The SMILES string of the molecule is COC(=O)CNC(=O)OC(C)(C)C.Cc1cccc2c1CCC2.NNOI. The topological polar surface area (TPSA) is 112 Å². The Kier molecular flexibility index (Phi) is 13.0. The number of carbonyl (C=O) groups is 2. The van der Waals surface area contributed by atoms with E-state index in [1.54, 1.807) is 54.9 Å². The van der Waals surface area contributed by atoms with E-state index in [-0.39, 0.29) is 6.54 Å². The van der Waals surface area contributed by atoms with Crippen LogP contribution in [0.2, 0.25) is 0 Å². The van der Waals surface area contributed by atoms with Crippen LogP contribution < -0.4 is 16.7 Å². The van der Waals surface area contributed by atoms with Crippen LogP contribution in [0.4, 0.5) is 4.79 Å². The van der Waals surface area contributed by atoms with E-state index in [1.165, 1.54) is 31.9 Å². The number of rotatable bonds is 3. The Labute approximate surface area is 175 Å². The first-order chi connectivity index (χ1) is 12.6. The number of amides is 1. The molecule has 0 atom stereocenters. The van der Waals surface area contributed by atoms with Crippen LogP contribution >= 0.6 is 23.0 Å². The maximum Gasteiger partial charge on any atom is 0.408 e. The predicted molar refractivity (Wildman–Crippen MR) is 112 cm³/mol. The second-order valence-corrected chi connectivity index (χ2v) is 7.13. The molecular weight excluding hydrogens is 465 g/mol. The lowest BCUT2D eigenvalue weighted by Gasteiger charge is -2.19. The number of hydrogen-bond acceptors (Lipinski definition) is 7. The molecule has 0 spiro atoms. The minimum absolute atomic E-state index is 0.175. The van der Waals surface area contributed by atoms with Gasteiger partial charge in [0.1, 0.15) is 35.2 Å². The Morgan fingerprint density at radius 1 is 1.26 bits per heavy atom. The van der Waals surface area contributed by atoms with Gasteiger partial charge < -0.3 is 14.8 Å². The van der Waals surface area contributed by atoms with Gasteiger partial charge in [0.15, 0.2) is 0 Å². The number of alkyl carbamates (subject to hydrolysis) is 1. The van der Waals surface area contributed by atoms with E-state index in [1.807, 2.05) is 5.59 Å². The normalized spacial score (nSPS) is 11.8. The van der Waals surface area contributed by atoms with Crippen molar-refractivity contribution >= 4 is 35.1 Å². The number of fused-ring (bicyclic) bond motifs is 1. The highest BCUT2D eigenvalue weighted by Crippen LogP contribution is 2.24. The van der Waals surface area contributed by atoms with Gasteiger partial charge in [0, 0.05) is 0 Å². The van der Waals surface area contributed by atoms with Gasteiger partial charge in [-0.3, -0.25) is 4.79 Å². The molecule has 0 radical (unpaired) electrons. The molecule has 1 aromatic carbocycles. The molecule has 2 rings (SSSR count). The Morgan fingerprint density at radius 3 is 2.37 bits per heavy atom. The molecule has 0 unspecified atom stereocenters. The summed E-state index contributed by atoms with van der Waals surface area (Å²) in [6.45, 7) is 7.26. The Bertz CT molecular complexity index is 589. The molecule has 1 aliphatic carbocycles. The summed E-state index contributed by atoms with van der Waals surface area (Å²) in [6, 6.07) is 6.64. The van der Waals surface area contributed by atoms with Gasteiger partial charge in [-0.05, 0) is 63.6 Å². The summed E-state index contributed by atoms with van der Waals surface area (Å²) in [5, 5.41) is 2.25. The van der Waals surface area contributed by atoms with Gasteiger partial charge in [-0.2, -0.15) is 0 Å². The van der Waals surface area contributed by atoms with Crippen LogP contribution in [-0.4, -0.2) is 31.3 Å². The summed E-state index contributed by atoms with van der Waals surface area (Å²) in [7, 11) is 1.25. The first kappa shape index (κ1) is 25.6. The molecule has 4 N–H and O–H groups in total. The second kappa shape index (κ2) is 13.7. The summed E-state index contributed by atoms with van der Waals surface area (Å²) >= 11 is 1.62. The molecule has 0 aliphatic heterocycles. The van der Waals surface area contributed by atoms with Gasteiger partial charge in [-0.1, -0.05) is 18.2 Å². The fourth-order valence-electron chi connectivity index (χ4n) is 2.34. The third-order valence-electron chi connectivity index (χ3n) is 3.43. The van der Waals surface area contributed by atoms with Gasteiger partial charge in [0.2, 0.25) is 0 Å². The van der Waals surface area contributed by atoms with E-state index in [0.29, 0.717) is 0 Å². The van der Waals surface area contributed by atoms with Crippen LogP contribution in [0.1, 0.15) is 43.9 Å². The summed E-state index contributed by atoms with van der Waals surface area (Å²) in [5.41, 5.74) is 6.04. The van der Waals surface area contributed by atoms with Crippen molar-refractivity contribution in [2.45, 2.75) is 52.6 Å². The van der Waals surface area contributed by atoms with Gasteiger partial charge in [0.25, 0.3) is 0 Å². The average Bonchev–Trinajstić information content (AvgIpc) is 3.09. The molecule has 0 fully saturated rings. The lowest BCUT2D eigenvalue weighted by molar-refractivity contribution is -0.139. The first-order valence-electron chi connectivity index (χ1n) is 8.48. The summed E-state index contributed by atoms with van der Waals surface area (Å²) in [5.74, 6) is 4.04. The van der Waals surface area contributed by atoms with E-state index in [2.05, 4.69) is 44.2 Å². The third kappa shape index (κ3) is 12.6. The van der Waals surface area contributed by atoms with E-state index >= 15 is 0 Å². The van der Waals surface area contributed by atoms with Crippen LogP contribution in [0.3, 0.4) is 0 Å². The number of ether oxygens (including phenoxy) is 2. The molecule has 9 heteroatoms. The number of carbonyl (C=O) groups excluding carboxylic acids is 2. The van der Waals surface area contributed by atoms with Gasteiger partial charge >= 0.3 is 12.1 Å². The largest absolute Gasteiger partial charge is 0.468 e. The lowest BCUT2D eigenvalue weighted by Crippen LogP contribution is -2.35. The molecule has 154 valence electrons. The van der Waals surface area contributed by atoms with Crippen molar-refractivity contribution in [1.29, 1.82) is 0 Å². The molecule has 1 amide bonds. The third-order valence-corrected chi connectivity index (χ3v) is 3.68. The van der Waals surface area contributed by atoms with E-state index in [4.69, 9.17) is 4.74 Å². The number of benzene rings is 1. The number of nitrogens with two attached hydrogens (primary N) is 1. The molecule has 27 heavy (non-hydrogen) atoms. The molecule has 0 saturated heterocycles. The highest BCUT2D eigenvalue weighted by Gasteiger charge is 2.16. The molecule has 0 aromatic heterocycles. The number of hydrazine groups is 1. The highest BCUT2D eigenvalue weighted by atomic mass is 127. The van der Waals surface area contributed by atoms with Crippen molar-refractivity contribution in [3.63, 3.8) is 0 Å².